The van der Waals surface area contributed by atoms with Gasteiger partial charge in [0.2, 0.25) is 0 Å². The van der Waals surface area contributed by atoms with Crippen LogP contribution in [-0.2, 0) is 0 Å². The van der Waals surface area contributed by atoms with E-state index in [-0.39, 0.29) is 0 Å². The van der Waals surface area contributed by atoms with Crippen molar-refractivity contribution in [2.75, 3.05) is 0 Å². The van der Waals surface area contributed by atoms with Crippen LogP contribution >= 0.6 is 0 Å². The Balaban J connectivity index is 1.05. The molecule has 11 rings (SSSR count). The van der Waals surface area contributed by atoms with Crippen molar-refractivity contribution in [3.05, 3.63) is 212 Å². The second-order valence-corrected chi connectivity index (χ2v) is 14.5. The molecule has 0 unspecified atom stereocenters. The van der Waals surface area contributed by atoms with Gasteiger partial charge in [-0.15, -0.1) is 0 Å². The van der Waals surface area contributed by atoms with E-state index in [0.717, 1.165) is 44.5 Å². The molecule has 0 spiro atoms. The molecule has 0 atom stereocenters. The van der Waals surface area contributed by atoms with E-state index >= 15 is 0 Å². The largest absolute Gasteiger partial charge is 0.309 e. The van der Waals surface area contributed by atoms with Crippen LogP contribution in [0.4, 0.5) is 0 Å². The number of rotatable bonds is 6. The SMILES string of the molecule is c1ccc(-c2nc(-c3ccc(-c4ccccc4)c4ccccc34)cc(-c3ccc(-c4ccc(-n5c6ccccc6c6ccccc65)cc4)c4ccccc34)n2)cc1. The number of hydrogen-bond acceptors (Lipinski definition) is 2. The number of hydrogen-bond donors (Lipinski definition) is 0. The van der Waals surface area contributed by atoms with E-state index in [1.807, 2.05) is 18.2 Å². The summed E-state index contributed by atoms with van der Waals surface area (Å²) >= 11 is 0. The fourth-order valence-electron chi connectivity index (χ4n) is 8.60. The Kier molecular flexibility index (Phi) is 7.82. The van der Waals surface area contributed by atoms with Crippen molar-refractivity contribution in [2.24, 2.45) is 0 Å². The second kappa shape index (κ2) is 13.6. The van der Waals surface area contributed by atoms with Gasteiger partial charge >= 0.3 is 0 Å². The minimum atomic E-state index is 0.702. The summed E-state index contributed by atoms with van der Waals surface area (Å²) in [5.41, 5.74) is 13.2. The summed E-state index contributed by atoms with van der Waals surface area (Å²) in [7, 11) is 0. The Morgan fingerprint density at radius 1 is 0.281 bits per heavy atom. The first-order chi connectivity index (χ1) is 28.3. The van der Waals surface area contributed by atoms with Crippen LogP contribution in [0.5, 0.6) is 0 Å². The summed E-state index contributed by atoms with van der Waals surface area (Å²) in [5, 5.41) is 7.21. The molecule has 0 N–H and O–H groups in total. The van der Waals surface area contributed by atoms with E-state index in [9.17, 15) is 0 Å². The number of benzene rings is 9. The molecule has 57 heavy (non-hydrogen) atoms. The molecule has 0 aliphatic heterocycles. The molecule has 0 fully saturated rings. The summed E-state index contributed by atoms with van der Waals surface area (Å²) in [4.78, 5) is 10.5. The van der Waals surface area contributed by atoms with Gasteiger partial charge in [-0.1, -0.05) is 182 Å². The van der Waals surface area contributed by atoms with Crippen LogP contribution in [0.3, 0.4) is 0 Å². The average molecular weight is 726 g/mol. The lowest BCUT2D eigenvalue weighted by Gasteiger charge is -2.16. The van der Waals surface area contributed by atoms with Gasteiger partial charge in [-0.25, -0.2) is 9.97 Å². The van der Waals surface area contributed by atoms with Crippen molar-refractivity contribution in [1.82, 2.24) is 14.5 Å². The van der Waals surface area contributed by atoms with Crippen molar-refractivity contribution in [2.45, 2.75) is 0 Å². The van der Waals surface area contributed by atoms with Gasteiger partial charge in [0.25, 0.3) is 0 Å². The lowest BCUT2D eigenvalue weighted by molar-refractivity contribution is 1.18. The average Bonchev–Trinajstić information content (AvgIpc) is 3.63. The quantitative estimate of drug-likeness (QED) is 0.171. The Morgan fingerprint density at radius 2 is 0.649 bits per heavy atom. The fourth-order valence-corrected chi connectivity index (χ4v) is 8.60. The molecular formula is C54H35N3. The minimum Gasteiger partial charge on any atom is -0.309 e. The highest BCUT2D eigenvalue weighted by molar-refractivity contribution is 6.10. The maximum absolute atomic E-state index is 5.27. The van der Waals surface area contributed by atoms with E-state index in [1.165, 1.54) is 54.8 Å². The molecule has 2 aromatic heterocycles. The van der Waals surface area contributed by atoms with Crippen LogP contribution in [0.25, 0.3) is 105 Å². The second-order valence-electron chi connectivity index (χ2n) is 14.5. The predicted molar refractivity (Wildman–Crippen MR) is 239 cm³/mol. The van der Waals surface area contributed by atoms with Crippen molar-refractivity contribution in [3.8, 4) is 61.8 Å². The molecule has 2 heterocycles. The monoisotopic (exact) mass is 725 g/mol. The van der Waals surface area contributed by atoms with Crippen molar-refractivity contribution in [3.63, 3.8) is 0 Å². The highest BCUT2D eigenvalue weighted by atomic mass is 15.0. The van der Waals surface area contributed by atoms with Crippen molar-refractivity contribution < 1.29 is 0 Å². The number of para-hydroxylation sites is 2. The highest BCUT2D eigenvalue weighted by Crippen LogP contribution is 2.40. The normalized spacial score (nSPS) is 11.5. The van der Waals surface area contributed by atoms with Crippen LogP contribution < -0.4 is 0 Å². The lowest BCUT2D eigenvalue weighted by Crippen LogP contribution is -1.97. The van der Waals surface area contributed by atoms with Crippen molar-refractivity contribution >= 4 is 43.4 Å². The third kappa shape index (κ3) is 5.60. The summed E-state index contributed by atoms with van der Waals surface area (Å²) in [6, 6.07) is 75.6. The molecule has 3 heteroatoms. The summed E-state index contributed by atoms with van der Waals surface area (Å²) < 4.78 is 2.37. The molecular weight excluding hydrogens is 691 g/mol. The number of nitrogens with zero attached hydrogens (tertiary/aromatic N) is 3. The van der Waals surface area contributed by atoms with Crippen LogP contribution in [0.2, 0.25) is 0 Å². The maximum Gasteiger partial charge on any atom is 0.160 e. The highest BCUT2D eigenvalue weighted by Gasteiger charge is 2.18. The molecule has 0 amide bonds. The number of fused-ring (bicyclic) bond motifs is 5. The molecule has 0 aliphatic rings. The van der Waals surface area contributed by atoms with E-state index in [2.05, 4.69) is 199 Å². The molecule has 0 saturated heterocycles. The van der Waals surface area contributed by atoms with E-state index in [4.69, 9.17) is 9.97 Å². The van der Waals surface area contributed by atoms with Gasteiger partial charge in [-0.3, -0.25) is 0 Å². The van der Waals surface area contributed by atoms with Crippen molar-refractivity contribution in [1.29, 1.82) is 0 Å². The predicted octanol–water partition coefficient (Wildman–Crippen LogP) is 14.2. The number of aromatic nitrogens is 3. The first-order valence-corrected chi connectivity index (χ1v) is 19.4. The zero-order chi connectivity index (χ0) is 37.7. The van der Waals surface area contributed by atoms with E-state index in [0.29, 0.717) is 5.82 Å². The molecule has 0 saturated carbocycles. The molecule has 11 aromatic rings. The zero-order valence-corrected chi connectivity index (χ0v) is 31.0. The molecule has 0 bridgehead atoms. The molecule has 3 nitrogen and oxygen atoms in total. The smallest absolute Gasteiger partial charge is 0.160 e. The van der Waals surface area contributed by atoms with E-state index < -0.39 is 0 Å². The van der Waals surface area contributed by atoms with E-state index in [1.54, 1.807) is 0 Å². The fraction of sp³-hybridized carbons (Fsp3) is 0. The Labute approximate surface area is 330 Å². The van der Waals surface area contributed by atoms with Crippen LogP contribution in [0, 0.1) is 0 Å². The first-order valence-electron chi connectivity index (χ1n) is 19.4. The molecule has 9 aromatic carbocycles. The van der Waals surface area contributed by atoms with Gasteiger partial charge in [0.1, 0.15) is 0 Å². The van der Waals surface area contributed by atoms with Gasteiger partial charge in [-0.05, 0) is 74.1 Å². The van der Waals surface area contributed by atoms with Gasteiger partial charge in [0.05, 0.1) is 22.4 Å². The third-order valence-corrected chi connectivity index (χ3v) is 11.3. The van der Waals surface area contributed by atoms with Crippen LogP contribution in [0.1, 0.15) is 0 Å². The third-order valence-electron chi connectivity index (χ3n) is 11.3. The van der Waals surface area contributed by atoms with Gasteiger partial charge < -0.3 is 4.57 Å². The molecule has 0 aliphatic carbocycles. The van der Waals surface area contributed by atoms with Crippen LogP contribution in [0.15, 0.2) is 212 Å². The lowest BCUT2D eigenvalue weighted by atomic mass is 9.92. The minimum absolute atomic E-state index is 0.702. The van der Waals surface area contributed by atoms with Gasteiger partial charge in [0.15, 0.2) is 5.82 Å². The zero-order valence-electron chi connectivity index (χ0n) is 31.0. The van der Waals surface area contributed by atoms with Crippen LogP contribution in [-0.4, -0.2) is 14.5 Å². The summed E-state index contributed by atoms with van der Waals surface area (Å²) in [6.07, 6.45) is 0. The summed E-state index contributed by atoms with van der Waals surface area (Å²) in [6.45, 7) is 0. The first kappa shape index (κ1) is 32.8. The van der Waals surface area contributed by atoms with Gasteiger partial charge in [0, 0.05) is 33.2 Å². The standard InChI is InChI=1S/C54H35N3/c1-3-15-36(16-4-1)40-31-33-46(44-21-9-7-19-42(40)44)50-35-51(56-54(55-50)38-17-5-2-6-18-38)47-34-32-41(43-20-8-10-22-45(43)47)37-27-29-39(30-28-37)57-52-25-13-11-23-48(52)49-24-12-14-26-53(49)57/h1-35H. The molecule has 0 radical (unpaired) electrons. The topological polar surface area (TPSA) is 30.7 Å². The molecule has 266 valence electrons. The van der Waals surface area contributed by atoms with Gasteiger partial charge in [-0.2, -0.15) is 0 Å². The summed E-state index contributed by atoms with van der Waals surface area (Å²) in [5.74, 6) is 0.702. The Morgan fingerprint density at radius 3 is 1.14 bits per heavy atom. The maximum atomic E-state index is 5.27. The Bertz CT molecular complexity index is 3220. The Hall–Kier alpha value is -7.62.